The van der Waals surface area contributed by atoms with E-state index in [-0.39, 0.29) is 12.5 Å². The van der Waals surface area contributed by atoms with E-state index in [2.05, 4.69) is 31.2 Å². The molecule has 0 aliphatic rings. The summed E-state index contributed by atoms with van der Waals surface area (Å²) in [4.78, 5) is 19.9. The summed E-state index contributed by atoms with van der Waals surface area (Å²) in [5.74, 6) is -0.269. The molecule has 0 aliphatic carbocycles. The van der Waals surface area contributed by atoms with Gasteiger partial charge in [0.15, 0.2) is 5.65 Å². The molecule has 0 aliphatic heterocycles. The molecule has 6 nitrogen and oxygen atoms in total. The van der Waals surface area contributed by atoms with Crippen LogP contribution in [0.2, 0.25) is 0 Å². The minimum Gasteiger partial charge on any atom is -0.459 e. The van der Waals surface area contributed by atoms with Gasteiger partial charge in [-0.05, 0) is 36.7 Å². The first kappa shape index (κ1) is 14.9. The number of hydrogen-bond acceptors (Lipinski definition) is 5. The first-order valence-electron chi connectivity index (χ1n) is 6.25. The van der Waals surface area contributed by atoms with Crippen molar-refractivity contribution in [2.45, 2.75) is 32.9 Å². The van der Waals surface area contributed by atoms with Crippen LogP contribution in [-0.4, -0.2) is 32.5 Å². The average molecular weight is 341 g/mol. The number of carbonyl (C=O) groups is 1. The van der Waals surface area contributed by atoms with Crippen LogP contribution in [0.3, 0.4) is 0 Å². The number of imidazole rings is 1. The zero-order valence-electron chi connectivity index (χ0n) is 11.7. The van der Waals surface area contributed by atoms with Crippen molar-refractivity contribution in [3.8, 4) is 0 Å². The lowest BCUT2D eigenvalue weighted by Crippen LogP contribution is -2.31. The molecule has 0 saturated carbocycles. The summed E-state index contributed by atoms with van der Waals surface area (Å²) in [6, 6.07) is 0. The van der Waals surface area contributed by atoms with Gasteiger partial charge in [0.1, 0.15) is 10.2 Å². The van der Waals surface area contributed by atoms with Crippen LogP contribution in [0.15, 0.2) is 23.2 Å². The monoisotopic (exact) mass is 340 g/mol. The molecular weight excluding hydrogens is 324 g/mol. The third-order valence-electron chi connectivity index (χ3n) is 2.44. The van der Waals surface area contributed by atoms with Gasteiger partial charge in [-0.1, -0.05) is 0 Å². The number of hydrogen-bond donors (Lipinski definition) is 1. The zero-order valence-corrected chi connectivity index (χ0v) is 13.3. The topological polar surface area (TPSA) is 68.5 Å². The van der Waals surface area contributed by atoms with E-state index in [4.69, 9.17) is 4.74 Å². The molecule has 0 radical (unpaired) electrons. The molecule has 2 aromatic rings. The number of nitrogens with zero attached hydrogens (tertiary/aromatic N) is 3. The average Bonchev–Trinajstić information content (AvgIpc) is 2.69. The van der Waals surface area contributed by atoms with Gasteiger partial charge in [0.05, 0.1) is 24.6 Å². The fraction of sp³-hybridized carbons (Fsp3) is 0.462. The number of aromatic nitrogens is 3. The Balaban J connectivity index is 1.93. The van der Waals surface area contributed by atoms with Crippen LogP contribution < -0.4 is 5.32 Å². The SMILES string of the molecule is CC(C)(C)OC(=O)CNCc1cnc2cnc(Br)cn12. The van der Waals surface area contributed by atoms with Gasteiger partial charge in [0.2, 0.25) is 0 Å². The maximum Gasteiger partial charge on any atom is 0.320 e. The Morgan fingerprint density at radius 3 is 2.85 bits per heavy atom. The highest BCUT2D eigenvalue weighted by atomic mass is 79.9. The highest BCUT2D eigenvalue weighted by Gasteiger charge is 2.15. The van der Waals surface area contributed by atoms with Crippen LogP contribution in [0, 0.1) is 0 Å². The summed E-state index contributed by atoms with van der Waals surface area (Å²) >= 11 is 3.32. The minimum absolute atomic E-state index is 0.163. The van der Waals surface area contributed by atoms with Crippen LogP contribution in [0.5, 0.6) is 0 Å². The molecular formula is C13H17BrN4O2. The molecule has 0 fully saturated rings. The van der Waals surface area contributed by atoms with Crippen LogP contribution in [-0.2, 0) is 16.1 Å². The highest BCUT2D eigenvalue weighted by molar-refractivity contribution is 9.10. The Hall–Kier alpha value is -1.47. The fourth-order valence-corrected chi connectivity index (χ4v) is 2.02. The summed E-state index contributed by atoms with van der Waals surface area (Å²) in [5.41, 5.74) is 1.26. The van der Waals surface area contributed by atoms with Crippen molar-refractivity contribution in [2.75, 3.05) is 6.54 Å². The summed E-state index contributed by atoms with van der Waals surface area (Å²) in [5, 5.41) is 3.05. The Morgan fingerprint density at radius 1 is 1.40 bits per heavy atom. The van der Waals surface area contributed by atoms with Crippen molar-refractivity contribution < 1.29 is 9.53 Å². The standard InChI is InChI=1S/C13H17BrN4O2/c1-13(2,3)20-12(19)7-15-4-9-5-17-11-6-16-10(14)8-18(9)11/h5-6,8,15H,4,7H2,1-3H3. The minimum atomic E-state index is -0.460. The molecule has 0 atom stereocenters. The second kappa shape index (κ2) is 5.88. The Bertz CT molecular complexity index is 618. The van der Waals surface area contributed by atoms with Gasteiger partial charge >= 0.3 is 5.97 Å². The van der Waals surface area contributed by atoms with Crippen molar-refractivity contribution in [1.29, 1.82) is 0 Å². The number of nitrogens with one attached hydrogen (secondary N) is 1. The highest BCUT2D eigenvalue weighted by Crippen LogP contribution is 2.10. The van der Waals surface area contributed by atoms with Gasteiger partial charge in [-0.2, -0.15) is 0 Å². The molecule has 1 N–H and O–H groups in total. The summed E-state index contributed by atoms with van der Waals surface area (Å²) in [7, 11) is 0. The molecule has 0 aromatic carbocycles. The predicted octanol–water partition coefficient (Wildman–Crippen LogP) is 1.92. The summed E-state index contributed by atoms with van der Waals surface area (Å²) < 4.78 is 7.87. The van der Waals surface area contributed by atoms with E-state index in [1.807, 2.05) is 31.4 Å². The van der Waals surface area contributed by atoms with Crippen LogP contribution in [0.25, 0.3) is 5.65 Å². The van der Waals surface area contributed by atoms with Crippen molar-refractivity contribution in [1.82, 2.24) is 19.7 Å². The van der Waals surface area contributed by atoms with Gasteiger partial charge in [-0.15, -0.1) is 0 Å². The van der Waals surface area contributed by atoms with E-state index >= 15 is 0 Å². The van der Waals surface area contributed by atoms with E-state index in [9.17, 15) is 4.79 Å². The number of esters is 1. The van der Waals surface area contributed by atoms with Gasteiger partial charge in [-0.25, -0.2) is 9.97 Å². The van der Waals surface area contributed by atoms with Crippen LogP contribution >= 0.6 is 15.9 Å². The molecule has 2 aromatic heterocycles. The molecule has 0 unspecified atom stereocenters. The molecule has 0 saturated heterocycles. The van der Waals surface area contributed by atoms with Gasteiger partial charge in [0, 0.05) is 12.7 Å². The smallest absolute Gasteiger partial charge is 0.320 e. The van der Waals surface area contributed by atoms with Crippen LogP contribution in [0.1, 0.15) is 26.5 Å². The third-order valence-corrected chi connectivity index (χ3v) is 2.85. The first-order chi connectivity index (χ1) is 9.35. The van der Waals surface area contributed by atoms with Crippen LogP contribution in [0.4, 0.5) is 0 Å². The largest absolute Gasteiger partial charge is 0.459 e. The molecule has 0 amide bonds. The maximum atomic E-state index is 11.6. The maximum absolute atomic E-state index is 11.6. The van der Waals surface area contributed by atoms with Crippen molar-refractivity contribution in [2.24, 2.45) is 0 Å². The molecule has 20 heavy (non-hydrogen) atoms. The van der Waals surface area contributed by atoms with Crippen molar-refractivity contribution >= 4 is 27.5 Å². The number of halogens is 1. The van der Waals surface area contributed by atoms with Gasteiger partial charge in [0.25, 0.3) is 0 Å². The van der Waals surface area contributed by atoms with Crippen molar-refractivity contribution in [3.05, 3.63) is 28.9 Å². The Kier molecular flexibility index (Phi) is 4.39. The van der Waals surface area contributed by atoms with Gasteiger partial charge in [-0.3, -0.25) is 9.20 Å². The Labute approximate surface area is 125 Å². The molecule has 2 heterocycles. The molecule has 0 spiro atoms. The second-order valence-electron chi connectivity index (χ2n) is 5.38. The van der Waals surface area contributed by atoms with Crippen molar-refractivity contribution in [3.63, 3.8) is 0 Å². The van der Waals surface area contributed by atoms with Gasteiger partial charge < -0.3 is 10.1 Å². The lowest BCUT2D eigenvalue weighted by Gasteiger charge is -2.19. The van der Waals surface area contributed by atoms with E-state index in [0.717, 1.165) is 15.9 Å². The van der Waals surface area contributed by atoms with E-state index in [1.54, 1.807) is 12.4 Å². The number of ether oxygens (including phenoxy) is 1. The Morgan fingerprint density at radius 2 is 2.15 bits per heavy atom. The molecule has 108 valence electrons. The third kappa shape index (κ3) is 4.01. The summed E-state index contributed by atoms with van der Waals surface area (Å²) in [6.45, 7) is 6.23. The fourth-order valence-electron chi connectivity index (χ4n) is 1.72. The zero-order chi connectivity index (χ0) is 14.8. The number of fused-ring (bicyclic) bond motifs is 1. The lowest BCUT2D eigenvalue weighted by atomic mass is 10.2. The van der Waals surface area contributed by atoms with E-state index in [1.165, 1.54) is 0 Å². The lowest BCUT2D eigenvalue weighted by molar-refractivity contribution is -0.153. The quantitative estimate of drug-likeness (QED) is 0.861. The normalized spacial score (nSPS) is 11.8. The number of rotatable bonds is 4. The molecule has 0 bridgehead atoms. The van der Waals surface area contributed by atoms with E-state index < -0.39 is 5.60 Å². The summed E-state index contributed by atoms with van der Waals surface area (Å²) in [6.07, 6.45) is 5.28. The number of carbonyl (C=O) groups excluding carboxylic acids is 1. The predicted molar refractivity (Wildman–Crippen MR) is 78.2 cm³/mol. The molecule has 2 rings (SSSR count). The second-order valence-corrected chi connectivity index (χ2v) is 6.19. The first-order valence-corrected chi connectivity index (χ1v) is 7.04. The van der Waals surface area contributed by atoms with E-state index in [0.29, 0.717) is 6.54 Å². The molecule has 7 heteroatoms.